The van der Waals surface area contributed by atoms with E-state index in [-0.39, 0.29) is 12.7 Å². The summed E-state index contributed by atoms with van der Waals surface area (Å²) in [5, 5.41) is 3.10. The molecule has 1 unspecified atom stereocenters. The Morgan fingerprint density at radius 1 is 1.33 bits per heavy atom. The van der Waals surface area contributed by atoms with Gasteiger partial charge in [-0.2, -0.15) is 0 Å². The van der Waals surface area contributed by atoms with Crippen LogP contribution < -0.4 is 5.32 Å². The van der Waals surface area contributed by atoms with Crippen molar-refractivity contribution < 1.29 is 9.31 Å². The van der Waals surface area contributed by atoms with Crippen LogP contribution in [0.5, 0.6) is 0 Å². The van der Waals surface area contributed by atoms with Crippen LogP contribution in [0.15, 0.2) is 12.6 Å². The molecule has 0 aromatic rings. The quantitative estimate of drug-likeness (QED) is 0.624. The fourth-order valence-electron chi connectivity index (χ4n) is 1.26. The number of hydrogen-bond donors (Lipinski definition) is 1. The summed E-state index contributed by atoms with van der Waals surface area (Å²) in [7, 11) is 1.55. The molecule has 1 N–H and O–H groups in total. The average molecular weight is 169 g/mol. The van der Waals surface area contributed by atoms with Gasteiger partial charge in [-0.3, -0.25) is 5.32 Å². The van der Waals surface area contributed by atoms with E-state index in [2.05, 4.69) is 11.9 Å². The summed E-state index contributed by atoms with van der Waals surface area (Å²) in [6.45, 7) is 9.59. The van der Waals surface area contributed by atoms with E-state index in [1.807, 2.05) is 27.8 Å². The maximum Gasteiger partial charge on any atom is 0.487 e. The summed E-state index contributed by atoms with van der Waals surface area (Å²) in [6, 6.07) is 0. The predicted molar refractivity (Wildman–Crippen MR) is 49.7 cm³/mol. The second-order valence-corrected chi connectivity index (χ2v) is 3.63. The molecule has 1 rings (SSSR count). The molecular formula is C8H16BNO2. The summed E-state index contributed by atoms with van der Waals surface area (Å²) < 4.78 is 11.2. The Balaban J connectivity index is 2.83. The molecule has 1 aliphatic rings. The molecule has 1 aliphatic heterocycles. The molecule has 1 heterocycles. The van der Waals surface area contributed by atoms with Crippen LogP contribution in [0.2, 0.25) is 0 Å². The Bertz CT molecular complexity index is 195. The second-order valence-electron chi connectivity index (χ2n) is 3.63. The average Bonchev–Trinajstić information content (AvgIpc) is 2.24. The van der Waals surface area contributed by atoms with Crippen molar-refractivity contribution in [3.05, 3.63) is 12.6 Å². The Morgan fingerprint density at radius 2 is 1.92 bits per heavy atom. The van der Waals surface area contributed by atoms with Gasteiger partial charge in [0.2, 0.25) is 0 Å². The van der Waals surface area contributed by atoms with Crippen LogP contribution >= 0.6 is 0 Å². The van der Waals surface area contributed by atoms with Gasteiger partial charge in [0.1, 0.15) is 5.72 Å². The van der Waals surface area contributed by atoms with E-state index in [0.717, 1.165) is 0 Å². The lowest BCUT2D eigenvalue weighted by Crippen LogP contribution is -2.54. The van der Waals surface area contributed by atoms with E-state index < -0.39 is 5.72 Å². The van der Waals surface area contributed by atoms with Gasteiger partial charge >= 0.3 is 7.12 Å². The van der Waals surface area contributed by atoms with Gasteiger partial charge in [0.05, 0.1) is 5.60 Å². The molecule has 0 aromatic carbocycles. The molecule has 0 aromatic heterocycles. The minimum atomic E-state index is -0.439. The van der Waals surface area contributed by atoms with Crippen LogP contribution in [0, 0.1) is 0 Å². The van der Waals surface area contributed by atoms with Crippen molar-refractivity contribution >= 4 is 7.12 Å². The standard InChI is InChI=1S/C8H16BNO2/c1-6-9-11-7(2,3)8(4,10-5)12-9/h6,10H,1H2,2-5H3. The molecule has 0 aliphatic carbocycles. The lowest BCUT2D eigenvalue weighted by Gasteiger charge is -2.35. The molecule has 0 radical (unpaired) electrons. The van der Waals surface area contributed by atoms with Gasteiger partial charge in [0.25, 0.3) is 0 Å². The lowest BCUT2D eigenvalue weighted by molar-refractivity contribution is -0.0301. The minimum Gasteiger partial charge on any atom is -0.398 e. The predicted octanol–water partition coefficient (Wildman–Crippen LogP) is 0.961. The molecule has 0 spiro atoms. The molecule has 68 valence electrons. The van der Waals surface area contributed by atoms with Gasteiger partial charge in [0, 0.05) is 0 Å². The van der Waals surface area contributed by atoms with Crippen LogP contribution in [-0.4, -0.2) is 25.5 Å². The van der Waals surface area contributed by atoms with Crippen LogP contribution in [0.25, 0.3) is 0 Å². The second kappa shape index (κ2) is 2.87. The third-order valence-electron chi connectivity index (χ3n) is 2.58. The number of hydrogen-bond acceptors (Lipinski definition) is 3. The van der Waals surface area contributed by atoms with Gasteiger partial charge in [-0.1, -0.05) is 5.98 Å². The number of rotatable bonds is 2. The van der Waals surface area contributed by atoms with E-state index in [4.69, 9.17) is 9.31 Å². The van der Waals surface area contributed by atoms with E-state index in [0.29, 0.717) is 0 Å². The Labute approximate surface area is 74.3 Å². The summed E-state index contributed by atoms with van der Waals surface area (Å²) >= 11 is 0. The van der Waals surface area contributed by atoms with Gasteiger partial charge < -0.3 is 9.31 Å². The fourth-order valence-corrected chi connectivity index (χ4v) is 1.26. The summed E-state index contributed by atoms with van der Waals surface area (Å²) in [5.74, 6) is 1.66. The molecule has 1 saturated heterocycles. The van der Waals surface area contributed by atoms with E-state index >= 15 is 0 Å². The van der Waals surface area contributed by atoms with Crippen molar-refractivity contribution in [2.75, 3.05) is 7.05 Å². The zero-order valence-electron chi connectivity index (χ0n) is 8.18. The molecule has 0 amide bonds. The summed E-state index contributed by atoms with van der Waals surface area (Å²) in [4.78, 5) is 0. The monoisotopic (exact) mass is 169 g/mol. The van der Waals surface area contributed by atoms with Gasteiger partial charge in [-0.05, 0) is 27.8 Å². The minimum absolute atomic E-state index is 0.308. The molecule has 0 bridgehead atoms. The lowest BCUT2D eigenvalue weighted by atomic mass is 9.92. The molecular weight excluding hydrogens is 153 g/mol. The first-order chi connectivity index (χ1) is 5.45. The Morgan fingerprint density at radius 3 is 2.17 bits per heavy atom. The van der Waals surface area contributed by atoms with Gasteiger partial charge in [-0.15, -0.1) is 6.58 Å². The van der Waals surface area contributed by atoms with Gasteiger partial charge in [0.15, 0.2) is 0 Å². The third kappa shape index (κ3) is 1.30. The van der Waals surface area contributed by atoms with Crippen molar-refractivity contribution in [3.63, 3.8) is 0 Å². The van der Waals surface area contributed by atoms with Crippen molar-refractivity contribution in [2.45, 2.75) is 32.1 Å². The Kier molecular flexibility index (Phi) is 2.34. The highest BCUT2D eigenvalue weighted by molar-refractivity contribution is 6.51. The highest BCUT2D eigenvalue weighted by atomic mass is 16.7. The van der Waals surface area contributed by atoms with Crippen molar-refractivity contribution in [2.24, 2.45) is 0 Å². The maximum atomic E-state index is 5.61. The number of nitrogens with one attached hydrogen (secondary N) is 1. The van der Waals surface area contributed by atoms with Crippen LogP contribution in [-0.2, 0) is 9.31 Å². The van der Waals surface area contributed by atoms with Crippen molar-refractivity contribution in [1.82, 2.24) is 5.32 Å². The van der Waals surface area contributed by atoms with Crippen LogP contribution in [0.3, 0.4) is 0 Å². The van der Waals surface area contributed by atoms with Crippen LogP contribution in [0.4, 0.5) is 0 Å². The van der Waals surface area contributed by atoms with Crippen LogP contribution in [0.1, 0.15) is 20.8 Å². The first kappa shape index (κ1) is 9.77. The maximum absolute atomic E-state index is 5.61. The molecule has 1 fully saturated rings. The molecule has 0 saturated carbocycles. The first-order valence-electron chi connectivity index (χ1n) is 4.12. The topological polar surface area (TPSA) is 30.5 Å². The van der Waals surface area contributed by atoms with E-state index in [1.165, 1.54) is 0 Å². The smallest absolute Gasteiger partial charge is 0.398 e. The van der Waals surface area contributed by atoms with Crippen molar-refractivity contribution in [3.8, 4) is 0 Å². The highest BCUT2D eigenvalue weighted by Crippen LogP contribution is 2.34. The first-order valence-corrected chi connectivity index (χ1v) is 4.12. The molecule has 1 atom stereocenters. The highest BCUT2D eigenvalue weighted by Gasteiger charge is 2.52. The Hall–Kier alpha value is -0.315. The summed E-state index contributed by atoms with van der Waals surface area (Å²) in [5.41, 5.74) is -0.771. The zero-order valence-corrected chi connectivity index (χ0v) is 8.18. The van der Waals surface area contributed by atoms with Gasteiger partial charge in [-0.25, -0.2) is 0 Å². The third-order valence-corrected chi connectivity index (χ3v) is 2.58. The van der Waals surface area contributed by atoms with E-state index in [9.17, 15) is 0 Å². The SMILES string of the molecule is C=CB1OC(C)(C)C(C)(NC)O1. The normalized spacial score (nSPS) is 33.8. The molecule has 12 heavy (non-hydrogen) atoms. The van der Waals surface area contributed by atoms with E-state index in [1.54, 1.807) is 5.98 Å². The summed E-state index contributed by atoms with van der Waals surface area (Å²) in [6.07, 6.45) is 0. The zero-order chi connectivity index (χ0) is 9.41. The number of likely N-dealkylation sites (N-methyl/N-ethyl adjacent to an activating group) is 1. The molecule has 3 nitrogen and oxygen atoms in total. The molecule has 4 heteroatoms. The van der Waals surface area contributed by atoms with Crippen molar-refractivity contribution in [1.29, 1.82) is 0 Å². The largest absolute Gasteiger partial charge is 0.487 e. The fraction of sp³-hybridized carbons (Fsp3) is 0.750.